The standard InChI is InChI=1S/C12H12F2N2O/c1-8-5-10(15-16(8)2)7-17-12-4-3-9(13)6-11(12)14/h3-6H,7H2,1-2H3. The maximum Gasteiger partial charge on any atom is 0.167 e. The van der Waals surface area contributed by atoms with E-state index in [1.165, 1.54) is 6.07 Å². The van der Waals surface area contributed by atoms with Crippen LogP contribution in [0.4, 0.5) is 8.78 Å². The molecule has 0 N–H and O–H groups in total. The van der Waals surface area contributed by atoms with E-state index in [1.54, 1.807) is 4.68 Å². The maximum atomic E-state index is 13.2. The normalized spacial score (nSPS) is 10.6. The van der Waals surface area contributed by atoms with Crippen LogP contribution >= 0.6 is 0 Å². The Morgan fingerprint density at radius 2 is 2.06 bits per heavy atom. The summed E-state index contributed by atoms with van der Waals surface area (Å²) in [5.41, 5.74) is 1.69. The number of halogens is 2. The van der Waals surface area contributed by atoms with Gasteiger partial charge in [-0.15, -0.1) is 0 Å². The molecule has 90 valence electrons. The predicted octanol–water partition coefficient (Wildman–Crippen LogP) is 2.59. The first-order chi connectivity index (χ1) is 8.06. The van der Waals surface area contributed by atoms with Crippen LogP contribution in [0.3, 0.4) is 0 Å². The van der Waals surface area contributed by atoms with Crippen LogP contribution in [0.15, 0.2) is 24.3 Å². The minimum atomic E-state index is -0.711. The van der Waals surface area contributed by atoms with Gasteiger partial charge in [-0.2, -0.15) is 5.10 Å². The van der Waals surface area contributed by atoms with Crippen molar-refractivity contribution >= 4 is 0 Å². The number of nitrogens with zero attached hydrogens (tertiary/aromatic N) is 2. The van der Waals surface area contributed by atoms with Crippen molar-refractivity contribution in [2.45, 2.75) is 13.5 Å². The van der Waals surface area contributed by atoms with Crippen LogP contribution in [0.25, 0.3) is 0 Å². The number of aryl methyl sites for hydroxylation is 2. The van der Waals surface area contributed by atoms with Crippen LogP contribution in [-0.2, 0) is 13.7 Å². The van der Waals surface area contributed by atoms with Gasteiger partial charge in [0.2, 0.25) is 0 Å². The number of aromatic nitrogens is 2. The second-order valence-electron chi connectivity index (χ2n) is 3.76. The molecule has 17 heavy (non-hydrogen) atoms. The molecule has 1 aromatic heterocycles. The molecule has 1 heterocycles. The smallest absolute Gasteiger partial charge is 0.167 e. The third-order valence-corrected chi connectivity index (χ3v) is 2.43. The monoisotopic (exact) mass is 238 g/mol. The Kier molecular flexibility index (Phi) is 3.08. The molecular formula is C12H12F2N2O. The fourth-order valence-electron chi connectivity index (χ4n) is 1.45. The van der Waals surface area contributed by atoms with E-state index in [-0.39, 0.29) is 12.4 Å². The predicted molar refractivity (Wildman–Crippen MR) is 58.6 cm³/mol. The van der Waals surface area contributed by atoms with Crippen molar-refractivity contribution in [3.8, 4) is 5.75 Å². The summed E-state index contributed by atoms with van der Waals surface area (Å²) >= 11 is 0. The molecule has 0 aliphatic carbocycles. The third-order valence-electron chi connectivity index (χ3n) is 2.43. The van der Waals surface area contributed by atoms with Gasteiger partial charge in [0.1, 0.15) is 18.1 Å². The molecule has 0 radical (unpaired) electrons. The van der Waals surface area contributed by atoms with Crippen molar-refractivity contribution in [2.75, 3.05) is 0 Å². The van der Waals surface area contributed by atoms with Gasteiger partial charge in [-0.1, -0.05) is 0 Å². The Hall–Kier alpha value is -1.91. The van der Waals surface area contributed by atoms with Crippen molar-refractivity contribution in [2.24, 2.45) is 7.05 Å². The van der Waals surface area contributed by atoms with E-state index < -0.39 is 11.6 Å². The average molecular weight is 238 g/mol. The lowest BCUT2D eigenvalue weighted by atomic mass is 10.3. The Morgan fingerprint density at radius 1 is 1.29 bits per heavy atom. The van der Waals surface area contributed by atoms with Gasteiger partial charge in [0.15, 0.2) is 11.6 Å². The molecule has 0 aliphatic rings. The van der Waals surface area contributed by atoms with Crippen molar-refractivity contribution in [1.29, 1.82) is 0 Å². The Balaban J connectivity index is 2.07. The summed E-state index contributed by atoms with van der Waals surface area (Å²) in [4.78, 5) is 0. The average Bonchev–Trinajstić information content (AvgIpc) is 2.57. The van der Waals surface area contributed by atoms with Crippen molar-refractivity contribution < 1.29 is 13.5 Å². The zero-order valence-electron chi connectivity index (χ0n) is 9.58. The largest absolute Gasteiger partial charge is 0.484 e. The van der Waals surface area contributed by atoms with E-state index in [4.69, 9.17) is 4.74 Å². The van der Waals surface area contributed by atoms with Gasteiger partial charge in [0.05, 0.1) is 0 Å². The quantitative estimate of drug-likeness (QED) is 0.821. The summed E-state index contributed by atoms with van der Waals surface area (Å²) in [5.74, 6) is -1.31. The number of hydrogen-bond acceptors (Lipinski definition) is 2. The summed E-state index contributed by atoms with van der Waals surface area (Å²) in [6, 6.07) is 5.06. The van der Waals surface area contributed by atoms with E-state index in [0.717, 1.165) is 17.8 Å². The number of ether oxygens (including phenoxy) is 1. The molecule has 0 spiro atoms. The molecule has 0 saturated heterocycles. The van der Waals surface area contributed by atoms with Crippen LogP contribution in [0, 0.1) is 18.6 Å². The summed E-state index contributed by atoms with van der Waals surface area (Å²) < 4.78 is 32.8. The summed E-state index contributed by atoms with van der Waals surface area (Å²) in [6.07, 6.45) is 0. The molecule has 2 rings (SSSR count). The fraction of sp³-hybridized carbons (Fsp3) is 0.250. The molecule has 0 saturated carbocycles. The van der Waals surface area contributed by atoms with E-state index in [0.29, 0.717) is 5.69 Å². The van der Waals surface area contributed by atoms with E-state index in [1.807, 2.05) is 20.0 Å². The molecule has 3 nitrogen and oxygen atoms in total. The van der Waals surface area contributed by atoms with Crippen molar-refractivity contribution in [3.63, 3.8) is 0 Å². The zero-order chi connectivity index (χ0) is 12.4. The second kappa shape index (κ2) is 4.53. The molecule has 2 aromatic rings. The highest BCUT2D eigenvalue weighted by molar-refractivity contribution is 5.25. The van der Waals surface area contributed by atoms with Crippen LogP contribution in [0.1, 0.15) is 11.4 Å². The Bertz CT molecular complexity index is 518. The third kappa shape index (κ3) is 2.61. The number of rotatable bonds is 3. The van der Waals surface area contributed by atoms with Gasteiger partial charge in [-0.25, -0.2) is 8.78 Å². The van der Waals surface area contributed by atoms with Gasteiger partial charge in [-0.3, -0.25) is 4.68 Å². The highest BCUT2D eigenvalue weighted by Gasteiger charge is 2.07. The second-order valence-corrected chi connectivity index (χ2v) is 3.76. The molecular weight excluding hydrogens is 226 g/mol. The lowest BCUT2D eigenvalue weighted by Crippen LogP contribution is -2.00. The van der Waals surface area contributed by atoms with Crippen LogP contribution in [-0.4, -0.2) is 9.78 Å². The van der Waals surface area contributed by atoms with Crippen molar-refractivity contribution in [3.05, 3.63) is 47.3 Å². The minimum absolute atomic E-state index is 0.0229. The van der Waals surface area contributed by atoms with Crippen LogP contribution in [0.5, 0.6) is 5.75 Å². The van der Waals surface area contributed by atoms with Crippen LogP contribution in [0.2, 0.25) is 0 Å². The first-order valence-electron chi connectivity index (χ1n) is 5.13. The number of hydrogen-bond donors (Lipinski definition) is 0. The molecule has 0 amide bonds. The Morgan fingerprint density at radius 3 is 2.65 bits per heavy atom. The highest BCUT2D eigenvalue weighted by atomic mass is 19.1. The van der Waals surface area contributed by atoms with Crippen LogP contribution < -0.4 is 4.74 Å². The molecule has 5 heteroatoms. The maximum absolute atomic E-state index is 13.2. The lowest BCUT2D eigenvalue weighted by molar-refractivity contribution is 0.284. The van der Waals surface area contributed by atoms with Gasteiger partial charge in [-0.05, 0) is 25.1 Å². The van der Waals surface area contributed by atoms with Crippen molar-refractivity contribution in [1.82, 2.24) is 9.78 Å². The Labute approximate surface area is 97.6 Å². The summed E-state index contributed by atoms with van der Waals surface area (Å²) in [5, 5.41) is 4.17. The lowest BCUT2D eigenvalue weighted by Gasteiger charge is -2.04. The zero-order valence-corrected chi connectivity index (χ0v) is 9.58. The molecule has 0 unspecified atom stereocenters. The number of benzene rings is 1. The molecule has 0 fully saturated rings. The van der Waals surface area contributed by atoms with Gasteiger partial charge >= 0.3 is 0 Å². The first-order valence-corrected chi connectivity index (χ1v) is 5.13. The summed E-state index contributed by atoms with van der Waals surface area (Å²) in [6.45, 7) is 2.07. The van der Waals surface area contributed by atoms with E-state index >= 15 is 0 Å². The fourth-order valence-corrected chi connectivity index (χ4v) is 1.45. The molecule has 0 bridgehead atoms. The van der Waals surface area contributed by atoms with Gasteiger partial charge in [0.25, 0.3) is 0 Å². The topological polar surface area (TPSA) is 27.1 Å². The SMILES string of the molecule is Cc1cc(COc2ccc(F)cc2F)nn1C. The highest BCUT2D eigenvalue weighted by Crippen LogP contribution is 2.18. The molecule has 0 aliphatic heterocycles. The molecule has 1 aromatic carbocycles. The summed E-state index contributed by atoms with van der Waals surface area (Å²) in [7, 11) is 1.82. The van der Waals surface area contributed by atoms with E-state index in [9.17, 15) is 8.78 Å². The van der Waals surface area contributed by atoms with Gasteiger partial charge < -0.3 is 4.74 Å². The van der Waals surface area contributed by atoms with E-state index in [2.05, 4.69) is 5.10 Å². The molecule has 0 atom stereocenters. The minimum Gasteiger partial charge on any atom is -0.484 e. The first kappa shape index (κ1) is 11.6. The van der Waals surface area contributed by atoms with Gasteiger partial charge in [0, 0.05) is 18.8 Å².